The molecule has 0 spiro atoms. The third-order valence-corrected chi connectivity index (χ3v) is 2.84. The highest BCUT2D eigenvalue weighted by molar-refractivity contribution is 6.50. The Balaban J connectivity index is 2.65. The normalized spacial score (nSPS) is 17.4. The fourth-order valence-electron chi connectivity index (χ4n) is 0.664. The lowest BCUT2D eigenvalue weighted by molar-refractivity contribution is -0.132. The second kappa shape index (κ2) is 3.56. The molecule has 1 heterocycles. The van der Waals surface area contributed by atoms with Crippen LogP contribution in [-0.4, -0.2) is 26.8 Å². The Bertz CT molecular complexity index is 191. The maximum absolute atomic E-state index is 10.7. The molecule has 0 saturated heterocycles. The van der Waals surface area contributed by atoms with Gasteiger partial charge in [0.2, 0.25) is 0 Å². The van der Waals surface area contributed by atoms with Crippen molar-refractivity contribution in [3.8, 4) is 0 Å². The summed E-state index contributed by atoms with van der Waals surface area (Å²) in [4.78, 5) is 21.4. The molecule has 11 heavy (non-hydrogen) atoms. The van der Waals surface area contributed by atoms with E-state index in [1.165, 1.54) is 0 Å². The van der Waals surface area contributed by atoms with Gasteiger partial charge in [0.25, 0.3) is 11.9 Å². The van der Waals surface area contributed by atoms with Crippen LogP contribution in [0.4, 0.5) is 0 Å². The molecule has 0 N–H and O–H groups in total. The minimum atomic E-state index is -2.03. The lowest BCUT2D eigenvalue weighted by Gasteiger charge is -2.05. The molecule has 0 aromatic rings. The van der Waals surface area contributed by atoms with Gasteiger partial charge in [0, 0.05) is 12.2 Å². The highest BCUT2D eigenvalue weighted by Gasteiger charge is 2.34. The van der Waals surface area contributed by atoms with Gasteiger partial charge in [-0.2, -0.15) is 0 Å². The first-order chi connectivity index (χ1) is 5.22. The summed E-state index contributed by atoms with van der Waals surface area (Å²) < 4.78 is 9.60. The minimum Gasteiger partial charge on any atom is -0.582 e. The van der Waals surface area contributed by atoms with E-state index in [4.69, 9.17) is 7.58 Å². The lowest BCUT2D eigenvalue weighted by atomic mass is 10.5. The van der Waals surface area contributed by atoms with Crippen LogP contribution in [0.2, 0.25) is 5.28 Å². The van der Waals surface area contributed by atoms with Gasteiger partial charge >= 0.3 is 14.8 Å². The summed E-state index contributed by atoms with van der Waals surface area (Å²) in [5, 5.41) is 0.610. The van der Waals surface area contributed by atoms with Gasteiger partial charge in [-0.15, -0.1) is 0 Å². The van der Waals surface area contributed by atoms with E-state index in [2.05, 4.69) is 0 Å². The fraction of sp³-hybridized carbons (Fsp3) is 0.333. The molecular weight excluding hydrogens is 163 g/mol. The van der Waals surface area contributed by atoms with Crippen LogP contribution in [-0.2, 0) is 17.2 Å². The maximum atomic E-state index is 10.7. The van der Waals surface area contributed by atoms with Gasteiger partial charge in [-0.3, -0.25) is 9.59 Å². The molecule has 0 amide bonds. The first kappa shape index (κ1) is 8.31. The van der Waals surface area contributed by atoms with Crippen LogP contribution in [0.1, 0.15) is 6.92 Å². The van der Waals surface area contributed by atoms with Crippen LogP contribution in [0, 0.1) is 0 Å². The first-order valence-electron chi connectivity index (χ1n) is 3.31. The summed E-state index contributed by atoms with van der Waals surface area (Å²) in [5.41, 5.74) is 0. The number of carbonyl (C=O) groups excluding carboxylic acids is 2. The van der Waals surface area contributed by atoms with E-state index in [1.807, 2.05) is 6.92 Å². The Morgan fingerprint density at radius 2 is 1.73 bits per heavy atom. The third kappa shape index (κ3) is 2.37. The van der Waals surface area contributed by atoms with Crippen molar-refractivity contribution in [1.29, 1.82) is 0 Å². The molecule has 0 bridgehead atoms. The molecule has 1 rings (SSSR count). The van der Waals surface area contributed by atoms with E-state index in [0.717, 1.165) is 12.2 Å². The zero-order chi connectivity index (χ0) is 8.27. The van der Waals surface area contributed by atoms with Crippen LogP contribution in [0.5, 0.6) is 0 Å². The van der Waals surface area contributed by atoms with Crippen LogP contribution >= 0.6 is 0 Å². The highest BCUT2D eigenvalue weighted by Crippen LogP contribution is 2.02. The topological polar surface area (TPSA) is 52.6 Å². The Morgan fingerprint density at radius 1 is 1.27 bits per heavy atom. The van der Waals surface area contributed by atoms with E-state index < -0.39 is 26.8 Å². The third-order valence-electron chi connectivity index (χ3n) is 1.18. The summed E-state index contributed by atoms with van der Waals surface area (Å²) in [6.07, 6.45) is 2.18. The fourth-order valence-corrected chi connectivity index (χ4v) is 1.72. The van der Waals surface area contributed by atoms with Gasteiger partial charge in [0.15, 0.2) is 0 Å². The lowest BCUT2D eigenvalue weighted by Crippen LogP contribution is -2.24. The number of hydrogen-bond donors (Lipinski definition) is 0. The molecule has 0 unspecified atom stereocenters. The van der Waals surface area contributed by atoms with Crippen molar-refractivity contribution in [2.45, 2.75) is 12.2 Å². The first-order valence-corrected chi connectivity index (χ1v) is 5.07. The van der Waals surface area contributed by atoms with Crippen molar-refractivity contribution in [2.75, 3.05) is 0 Å². The summed E-state index contributed by atoms with van der Waals surface area (Å²) in [7, 11) is 0. The van der Waals surface area contributed by atoms with E-state index in [1.54, 1.807) is 0 Å². The summed E-state index contributed by atoms with van der Waals surface area (Å²) in [6, 6.07) is 0. The van der Waals surface area contributed by atoms with E-state index in [0.29, 0.717) is 5.28 Å². The number of rotatable bonds is 1. The number of carbonyl (C=O) groups is 2. The number of hydrogen-bond acceptors (Lipinski definition) is 4. The standard InChI is InChI=1S/C4H4O4.C2H5.Al/c5-3(6)1-2-4(7)8;1-2;/h1-2H,(H,5,6)(H,7,8);1H2,2H3;/q;;+2/p-2. The molecule has 0 aromatic heterocycles. The van der Waals surface area contributed by atoms with Gasteiger partial charge in [-0.1, -0.05) is 6.92 Å². The zero-order valence-corrected chi connectivity index (χ0v) is 7.23. The van der Waals surface area contributed by atoms with E-state index in [9.17, 15) is 9.59 Å². The van der Waals surface area contributed by atoms with Gasteiger partial charge < -0.3 is 7.58 Å². The molecule has 4 nitrogen and oxygen atoms in total. The Morgan fingerprint density at radius 3 is 2.09 bits per heavy atom. The smallest absolute Gasteiger partial charge is 0.582 e. The molecule has 58 valence electrons. The SMILES string of the molecule is C[CH2][Al]1[O]C(=O)C=CC(=O)[O]1. The Hall–Kier alpha value is -0.788. The van der Waals surface area contributed by atoms with Crippen molar-refractivity contribution in [3.05, 3.63) is 12.2 Å². The Labute approximate surface area is 68.8 Å². The van der Waals surface area contributed by atoms with E-state index >= 15 is 0 Å². The summed E-state index contributed by atoms with van der Waals surface area (Å²) >= 11 is -2.03. The molecule has 1 aliphatic heterocycles. The largest absolute Gasteiger partial charge is 0.860 e. The van der Waals surface area contributed by atoms with E-state index in [-0.39, 0.29) is 0 Å². The molecule has 0 aromatic carbocycles. The van der Waals surface area contributed by atoms with Crippen molar-refractivity contribution >= 4 is 26.8 Å². The van der Waals surface area contributed by atoms with Crippen LogP contribution < -0.4 is 0 Å². The second-order valence-corrected chi connectivity index (χ2v) is 4.19. The molecule has 0 atom stereocenters. The monoisotopic (exact) mass is 170 g/mol. The average molecular weight is 170 g/mol. The maximum Gasteiger partial charge on any atom is 0.860 e. The molecular formula is C6H7AlO4. The molecule has 0 saturated carbocycles. The second-order valence-electron chi connectivity index (χ2n) is 2.04. The van der Waals surface area contributed by atoms with Crippen molar-refractivity contribution in [3.63, 3.8) is 0 Å². The van der Waals surface area contributed by atoms with Gasteiger partial charge in [-0.25, -0.2) is 0 Å². The van der Waals surface area contributed by atoms with Gasteiger partial charge in [0.1, 0.15) is 0 Å². The zero-order valence-electron chi connectivity index (χ0n) is 6.07. The van der Waals surface area contributed by atoms with Gasteiger partial charge in [0.05, 0.1) is 0 Å². The van der Waals surface area contributed by atoms with Crippen molar-refractivity contribution in [2.24, 2.45) is 0 Å². The minimum absolute atomic E-state index is 0.477. The summed E-state index contributed by atoms with van der Waals surface area (Å²) in [5.74, 6) is -0.955. The molecule has 0 radical (unpaired) electrons. The molecule has 5 heteroatoms. The molecule has 0 fully saturated rings. The quantitative estimate of drug-likeness (QED) is 0.525. The highest BCUT2D eigenvalue weighted by atomic mass is 27.2. The van der Waals surface area contributed by atoms with Crippen LogP contribution in [0.15, 0.2) is 12.2 Å². The Kier molecular flexibility index (Phi) is 2.69. The molecule has 1 aliphatic rings. The predicted octanol–water partition coefficient (Wildman–Crippen LogP) is 0.151. The predicted molar refractivity (Wildman–Crippen MR) is 37.6 cm³/mol. The van der Waals surface area contributed by atoms with Crippen molar-refractivity contribution < 1.29 is 17.2 Å². The van der Waals surface area contributed by atoms with Crippen LogP contribution in [0.3, 0.4) is 0 Å². The average Bonchev–Trinajstić information content (AvgIpc) is 2.13. The van der Waals surface area contributed by atoms with Crippen LogP contribution in [0.25, 0.3) is 0 Å². The summed E-state index contributed by atoms with van der Waals surface area (Å²) in [6.45, 7) is 1.82. The van der Waals surface area contributed by atoms with Gasteiger partial charge in [-0.05, 0) is 5.28 Å². The molecule has 0 aliphatic carbocycles. The van der Waals surface area contributed by atoms with Crippen molar-refractivity contribution in [1.82, 2.24) is 0 Å².